The average Bonchev–Trinajstić information content (AvgIpc) is 3.14. The lowest BCUT2D eigenvalue weighted by atomic mass is 9.84. The van der Waals surface area contributed by atoms with Crippen molar-refractivity contribution in [3.8, 4) is 0 Å². The first-order chi connectivity index (χ1) is 11.6. The Morgan fingerprint density at radius 3 is 2.50 bits per heavy atom. The Hall–Kier alpha value is -1.14. The molecule has 4 fully saturated rings. The molecule has 0 aromatic rings. The monoisotopic (exact) mass is 334 g/mol. The van der Waals surface area contributed by atoms with Crippen molar-refractivity contribution < 1.29 is 9.59 Å². The molecular formula is C18H30N4O2. The Kier molecular flexibility index (Phi) is 4.29. The van der Waals surface area contributed by atoms with Crippen molar-refractivity contribution in [3.63, 3.8) is 0 Å². The Bertz CT molecular complexity index is 513. The zero-order valence-electron chi connectivity index (χ0n) is 14.9. The summed E-state index contributed by atoms with van der Waals surface area (Å²) in [4.78, 5) is 29.5. The van der Waals surface area contributed by atoms with Crippen LogP contribution in [0.3, 0.4) is 0 Å². The molecule has 2 amide bonds. The van der Waals surface area contributed by atoms with Crippen LogP contribution >= 0.6 is 0 Å². The summed E-state index contributed by atoms with van der Waals surface area (Å²) < 4.78 is 0. The van der Waals surface area contributed by atoms with E-state index in [4.69, 9.17) is 0 Å². The molecule has 4 aliphatic rings. The van der Waals surface area contributed by atoms with Gasteiger partial charge in [-0.05, 0) is 39.0 Å². The van der Waals surface area contributed by atoms with Gasteiger partial charge in [-0.2, -0.15) is 0 Å². The van der Waals surface area contributed by atoms with E-state index in [-0.39, 0.29) is 36.0 Å². The van der Waals surface area contributed by atoms with E-state index in [1.807, 2.05) is 4.90 Å². The lowest BCUT2D eigenvalue weighted by Gasteiger charge is -2.53. The minimum Gasteiger partial charge on any atom is -0.334 e. The maximum atomic E-state index is 13.2. The van der Waals surface area contributed by atoms with Crippen molar-refractivity contribution in [1.82, 2.24) is 20.2 Å². The second-order valence-corrected chi connectivity index (χ2v) is 8.09. The van der Waals surface area contributed by atoms with Gasteiger partial charge in [-0.1, -0.05) is 12.8 Å². The van der Waals surface area contributed by atoms with Crippen LogP contribution in [0.2, 0.25) is 0 Å². The molecule has 3 heterocycles. The summed E-state index contributed by atoms with van der Waals surface area (Å²) in [5.74, 6) is 0.419. The normalized spacial score (nSPS) is 39.7. The quantitative estimate of drug-likeness (QED) is 0.781. The highest BCUT2D eigenvalue weighted by molar-refractivity contribution is 5.83. The summed E-state index contributed by atoms with van der Waals surface area (Å²) in [7, 11) is 0. The van der Waals surface area contributed by atoms with Gasteiger partial charge in [-0.15, -0.1) is 0 Å². The van der Waals surface area contributed by atoms with E-state index in [2.05, 4.69) is 22.3 Å². The Morgan fingerprint density at radius 1 is 1.04 bits per heavy atom. The number of nitrogens with zero attached hydrogens (tertiary/aromatic N) is 3. The second kappa shape index (κ2) is 6.30. The van der Waals surface area contributed by atoms with E-state index in [1.165, 1.54) is 12.8 Å². The van der Waals surface area contributed by atoms with E-state index in [9.17, 15) is 9.59 Å². The highest BCUT2D eigenvalue weighted by Gasteiger charge is 2.47. The Morgan fingerprint density at radius 2 is 1.79 bits per heavy atom. The van der Waals surface area contributed by atoms with Crippen LogP contribution in [0.1, 0.15) is 58.8 Å². The molecule has 0 aromatic heterocycles. The summed E-state index contributed by atoms with van der Waals surface area (Å²) in [6, 6.07) is 1.02. The topological polar surface area (TPSA) is 55.9 Å². The van der Waals surface area contributed by atoms with Gasteiger partial charge in [0.2, 0.25) is 11.8 Å². The molecule has 0 spiro atoms. The fourth-order valence-corrected chi connectivity index (χ4v) is 5.54. The number of hydrazine groups is 1. The molecule has 0 aromatic carbocycles. The van der Waals surface area contributed by atoms with Crippen LogP contribution in [0.25, 0.3) is 0 Å². The van der Waals surface area contributed by atoms with Crippen LogP contribution in [0.15, 0.2) is 0 Å². The zero-order valence-corrected chi connectivity index (χ0v) is 14.9. The first-order valence-electron chi connectivity index (χ1n) is 9.68. The minimum atomic E-state index is -0.0612. The Balaban J connectivity index is 1.52. The van der Waals surface area contributed by atoms with Crippen molar-refractivity contribution in [2.75, 3.05) is 13.1 Å². The predicted octanol–water partition coefficient (Wildman–Crippen LogP) is 1.12. The number of hydrogen-bond donors (Lipinski definition) is 1. The average molecular weight is 334 g/mol. The van der Waals surface area contributed by atoms with Crippen LogP contribution in [0, 0.1) is 0 Å². The third-order valence-electron chi connectivity index (χ3n) is 6.54. The number of piperazine rings is 1. The molecule has 3 saturated heterocycles. The molecule has 4 rings (SSSR count). The fraction of sp³-hybridized carbons (Fsp3) is 0.889. The molecule has 0 bridgehead atoms. The number of rotatable bonds is 1. The van der Waals surface area contributed by atoms with Crippen molar-refractivity contribution in [1.29, 1.82) is 0 Å². The van der Waals surface area contributed by atoms with E-state index in [0.29, 0.717) is 12.6 Å². The molecule has 6 nitrogen and oxygen atoms in total. The van der Waals surface area contributed by atoms with Crippen molar-refractivity contribution in [2.24, 2.45) is 0 Å². The molecule has 24 heavy (non-hydrogen) atoms. The van der Waals surface area contributed by atoms with Crippen LogP contribution in [-0.4, -0.2) is 69.9 Å². The fourth-order valence-electron chi connectivity index (χ4n) is 5.54. The minimum absolute atomic E-state index is 0.0612. The number of hydrogen-bond acceptors (Lipinski definition) is 4. The molecule has 5 atom stereocenters. The highest BCUT2D eigenvalue weighted by atomic mass is 16.2. The molecule has 1 saturated carbocycles. The summed E-state index contributed by atoms with van der Waals surface area (Å²) in [5.41, 5.74) is 3.46. The standard InChI is InChI=1S/C18H30N4O2/c1-12-11-20(16-7-3-4-8-17(16)22(12)13(2)23)18(24)15-10-14-6-5-9-21(14)19-15/h12,14-17,19H,3-11H2,1-2H3/t12-,14?,15?,16?,17?/m0/s1. The molecule has 134 valence electrons. The third-order valence-corrected chi connectivity index (χ3v) is 6.54. The summed E-state index contributed by atoms with van der Waals surface area (Å²) in [6.45, 7) is 5.51. The lowest BCUT2D eigenvalue weighted by molar-refractivity contribution is -0.154. The van der Waals surface area contributed by atoms with Gasteiger partial charge in [0.25, 0.3) is 0 Å². The smallest absolute Gasteiger partial charge is 0.241 e. The first kappa shape index (κ1) is 16.3. The highest BCUT2D eigenvalue weighted by Crippen LogP contribution is 2.34. The number of fused-ring (bicyclic) bond motifs is 2. The number of nitrogens with one attached hydrogen (secondary N) is 1. The van der Waals surface area contributed by atoms with Crippen LogP contribution in [0.5, 0.6) is 0 Å². The van der Waals surface area contributed by atoms with Gasteiger partial charge in [-0.25, -0.2) is 10.4 Å². The molecule has 1 aliphatic carbocycles. The molecular weight excluding hydrogens is 304 g/mol. The van der Waals surface area contributed by atoms with Gasteiger partial charge in [0.05, 0.1) is 12.1 Å². The van der Waals surface area contributed by atoms with E-state index in [0.717, 1.165) is 38.6 Å². The maximum Gasteiger partial charge on any atom is 0.241 e. The lowest BCUT2D eigenvalue weighted by Crippen LogP contribution is -2.67. The van der Waals surface area contributed by atoms with Gasteiger partial charge in [0, 0.05) is 32.1 Å². The number of amides is 2. The van der Waals surface area contributed by atoms with Crippen molar-refractivity contribution in [2.45, 2.75) is 89.0 Å². The largest absolute Gasteiger partial charge is 0.334 e. The van der Waals surface area contributed by atoms with E-state index in [1.54, 1.807) is 6.92 Å². The summed E-state index contributed by atoms with van der Waals surface area (Å²) in [5, 5.41) is 2.27. The maximum absolute atomic E-state index is 13.2. The van der Waals surface area contributed by atoms with Crippen molar-refractivity contribution in [3.05, 3.63) is 0 Å². The molecule has 1 N–H and O–H groups in total. The first-order valence-corrected chi connectivity index (χ1v) is 9.68. The Labute approximate surface area is 144 Å². The van der Waals surface area contributed by atoms with Gasteiger partial charge in [0.15, 0.2) is 0 Å². The number of carbonyl (C=O) groups is 2. The SMILES string of the molecule is CC(=O)N1C2CCCCC2N(C(=O)C2CC3CCCN3N2)C[C@@H]1C. The summed E-state index contributed by atoms with van der Waals surface area (Å²) in [6.07, 6.45) is 7.78. The molecule has 0 radical (unpaired) electrons. The van der Waals surface area contributed by atoms with E-state index >= 15 is 0 Å². The van der Waals surface area contributed by atoms with Crippen LogP contribution < -0.4 is 5.43 Å². The van der Waals surface area contributed by atoms with Gasteiger partial charge in [0.1, 0.15) is 6.04 Å². The molecule has 4 unspecified atom stereocenters. The third kappa shape index (κ3) is 2.64. The van der Waals surface area contributed by atoms with E-state index < -0.39 is 0 Å². The zero-order chi connectivity index (χ0) is 16.8. The van der Waals surface area contributed by atoms with Crippen LogP contribution in [0.4, 0.5) is 0 Å². The van der Waals surface area contributed by atoms with Gasteiger partial charge in [-0.3, -0.25) is 9.59 Å². The van der Waals surface area contributed by atoms with Crippen molar-refractivity contribution >= 4 is 11.8 Å². The molecule has 6 heteroatoms. The summed E-state index contributed by atoms with van der Waals surface area (Å²) >= 11 is 0. The van der Waals surface area contributed by atoms with Crippen LogP contribution in [-0.2, 0) is 9.59 Å². The number of carbonyl (C=O) groups excluding carboxylic acids is 2. The predicted molar refractivity (Wildman–Crippen MR) is 91.0 cm³/mol. The molecule has 3 aliphatic heterocycles. The second-order valence-electron chi connectivity index (χ2n) is 8.09. The van der Waals surface area contributed by atoms with Gasteiger partial charge >= 0.3 is 0 Å². The van der Waals surface area contributed by atoms with Gasteiger partial charge < -0.3 is 9.80 Å².